The highest BCUT2D eigenvalue weighted by atomic mass is 79.9. The van der Waals surface area contributed by atoms with Gasteiger partial charge in [-0.3, -0.25) is 9.69 Å². The van der Waals surface area contributed by atoms with Crippen molar-refractivity contribution in [2.24, 2.45) is 5.92 Å². The largest absolute Gasteiger partial charge is 0.342 e. The van der Waals surface area contributed by atoms with E-state index in [2.05, 4.69) is 31.0 Å². The fourth-order valence-corrected chi connectivity index (χ4v) is 4.25. The molecule has 1 amide bonds. The number of amides is 1. The van der Waals surface area contributed by atoms with Gasteiger partial charge in [0.2, 0.25) is 17.6 Å². The molecule has 2 aromatic rings. The number of carbonyl (C=O) groups is 1. The molecule has 1 aromatic carbocycles. The van der Waals surface area contributed by atoms with Gasteiger partial charge in [0.05, 0.1) is 12.5 Å². The zero-order valence-electron chi connectivity index (χ0n) is 14.7. The van der Waals surface area contributed by atoms with Gasteiger partial charge in [0.15, 0.2) is 0 Å². The normalized spacial score (nSPS) is 21.3. The minimum absolute atomic E-state index is 0.106. The second kappa shape index (κ2) is 7.88. The molecule has 2 saturated heterocycles. The Morgan fingerprint density at radius 2 is 2.08 bits per heavy atom. The Morgan fingerprint density at radius 1 is 1.23 bits per heavy atom. The van der Waals surface area contributed by atoms with Crippen LogP contribution in [-0.2, 0) is 11.3 Å². The summed E-state index contributed by atoms with van der Waals surface area (Å²) in [4.78, 5) is 21.5. The molecule has 1 unspecified atom stereocenters. The molecule has 0 spiro atoms. The van der Waals surface area contributed by atoms with Crippen LogP contribution < -0.4 is 0 Å². The number of hydrogen-bond acceptors (Lipinski definition) is 5. The van der Waals surface area contributed by atoms with Gasteiger partial charge in [-0.1, -0.05) is 33.2 Å². The van der Waals surface area contributed by atoms with Crippen LogP contribution in [0.2, 0.25) is 0 Å². The molecule has 2 aliphatic rings. The van der Waals surface area contributed by atoms with Crippen LogP contribution in [0.25, 0.3) is 11.4 Å². The van der Waals surface area contributed by atoms with E-state index < -0.39 is 0 Å². The third kappa shape index (κ3) is 3.99. The van der Waals surface area contributed by atoms with Crippen molar-refractivity contribution in [2.75, 3.05) is 26.2 Å². The molecule has 2 aliphatic heterocycles. The Kier molecular flexibility index (Phi) is 5.36. The fourth-order valence-electron chi connectivity index (χ4n) is 3.85. The summed E-state index contributed by atoms with van der Waals surface area (Å²) in [6.07, 6.45) is 4.31. The number of rotatable bonds is 4. The molecule has 0 bridgehead atoms. The van der Waals surface area contributed by atoms with Crippen LogP contribution >= 0.6 is 15.9 Å². The maximum atomic E-state index is 12.7. The van der Waals surface area contributed by atoms with Crippen molar-refractivity contribution < 1.29 is 9.32 Å². The van der Waals surface area contributed by atoms with Gasteiger partial charge in [-0.05, 0) is 44.4 Å². The van der Waals surface area contributed by atoms with E-state index in [-0.39, 0.29) is 5.92 Å². The Hall–Kier alpha value is -1.73. The lowest BCUT2D eigenvalue weighted by Gasteiger charge is -2.33. The van der Waals surface area contributed by atoms with Crippen LogP contribution in [-0.4, -0.2) is 52.0 Å². The van der Waals surface area contributed by atoms with Gasteiger partial charge in [0, 0.05) is 29.7 Å². The molecule has 0 radical (unpaired) electrons. The number of hydrogen-bond donors (Lipinski definition) is 0. The van der Waals surface area contributed by atoms with Crippen molar-refractivity contribution in [1.82, 2.24) is 19.9 Å². The highest BCUT2D eigenvalue weighted by molar-refractivity contribution is 9.10. The predicted octanol–water partition coefficient (Wildman–Crippen LogP) is 3.33. The summed E-state index contributed by atoms with van der Waals surface area (Å²) >= 11 is 3.46. The van der Waals surface area contributed by atoms with E-state index in [0.29, 0.717) is 24.2 Å². The third-order valence-electron chi connectivity index (χ3n) is 5.18. The highest BCUT2D eigenvalue weighted by Crippen LogP contribution is 2.24. The van der Waals surface area contributed by atoms with Gasteiger partial charge in [-0.25, -0.2) is 0 Å². The molecule has 3 heterocycles. The lowest BCUT2D eigenvalue weighted by atomic mass is 9.96. The average Bonchev–Trinajstić information content (AvgIpc) is 3.33. The predicted molar refractivity (Wildman–Crippen MR) is 101 cm³/mol. The van der Waals surface area contributed by atoms with E-state index in [1.807, 2.05) is 29.2 Å². The average molecular weight is 419 g/mol. The molecule has 0 saturated carbocycles. The number of likely N-dealkylation sites (tertiary alicyclic amines) is 2. The van der Waals surface area contributed by atoms with Gasteiger partial charge in [-0.2, -0.15) is 4.98 Å². The number of carbonyl (C=O) groups excluding carboxylic acids is 1. The summed E-state index contributed by atoms with van der Waals surface area (Å²) in [5, 5.41) is 4.10. The van der Waals surface area contributed by atoms with Crippen LogP contribution in [0.3, 0.4) is 0 Å². The third-order valence-corrected chi connectivity index (χ3v) is 5.68. The quantitative estimate of drug-likeness (QED) is 0.761. The first-order valence-electron chi connectivity index (χ1n) is 9.29. The van der Waals surface area contributed by atoms with Gasteiger partial charge in [0.1, 0.15) is 0 Å². The minimum Gasteiger partial charge on any atom is -0.342 e. The van der Waals surface area contributed by atoms with Crippen LogP contribution in [0, 0.1) is 5.92 Å². The molecule has 1 aromatic heterocycles. The SMILES string of the molecule is O=C(C1CCCN(Cc2nc(-c3cccc(Br)c3)no2)C1)N1CCCC1. The van der Waals surface area contributed by atoms with Crippen molar-refractivity contribution >= 4 is 21.8 Å². The first-order valence-corrected chi connectivity index (χ1v) is 10.1. The standard InChI is InChI=1S/C19H23BrN4O2/c20-16-7-3-5-14(11-16)18-21-17(26-22-18)13-23-8-4-6-15(12-23)19(25)24-9-1-2-10-24/h3,5,7,11,15H,1-2,4,6,8-10,12-13H2. The molecule has 26 heavy (non-hydrogen) atoms. The molecule has 0 N–H and O–H groups in total. The monoisotopic (exact) mass is 418 g/mol. The summed E-state index contributed by atoms with van der Waals surface area (Å²) in [5.74, 6) is 1.64. The molecular formula is C19H23BrN4O2. The van der Waals surface area contributed by atoms with Crippen molar-refractivity contribution in [3.63, 3.8) is 0 Å². The molecular weight excluding hydrogens is 396 g/mol. The maximum absolute atomic E-state index is 12.7. The number of halogens is 1. The minimum atomic E-state index is 0.106. The number of aromatic nitrogens is 2. The summed E-state index contributed by atoms with van der Waals surface area (Å²) < 4.78 is 6.43. The first kappa shape index (κ1) is 17.7. The number of nitrogens with zero attached hydrogens (tertiary/aromatic N) is 4. The number of benzene rings is 1. The summed E-state index contributed by atoms with van der Waals surface area (Å²) in [5.41, 5.74) is 0.926. The van der Waals surface area contributed by atoms with Crippen LogP contribution in [0.1, 0.15) is 31.6 Å². The van der Waals surface area contributed by atoms with E-state index in [4.69, 9.17) is 4.52 Å². The fraction of sp³-hybridized carbons (Fsp3) is 0.526. The van der Waals surface area contributed by atoms with Gasteiger partial charge < -0.3 is 9.42 Å². The lowest BCUT2D eigenvalue weighted by Crippen LogP contribution is -2.43. The van der Waals surface area contributed by atoms with Gasteiger partial charge >= 0.3 is 0 Å². The zero-order chi connectivity index (χ0) is 17.9. The molecule has 4 rings (SSSR count). The first-order chi connectivity index (χ1) is 12.7. The Morgan fingerprint density at radius 3 is 2.88 bits per heavy atom. The Balaban J connectivity index is 1.38. The summed E-state index contributed by atoms with van der Waals surface area (Å²) in [6.45, 7) is 4.21. The molecule has 2 fully saturated rings. The molecule has 1 atom stereocenters. The molecule has 0 aliphatic carbocycles. The van der Waals surface area contributed by atoms with E-state index in [1.54, 1.807) is 0 Å². The lowest BCUT2D eigenvalue weighted by molar-refractivity contribution is -0.136. The Bertz CT molecular complexity index is 772. The van der Waals surface area contributed by atoms with Crippen molar-refractivity contribution in [2.45, 2.75) is 32.2 Å². The second-order valence-electron chi connectivity index (χ2n) is 7.13. The van der Waals surface area contributed by atoms with E-state index >= 15 is 0 Å². The summed E-state index contributed by atoms with van der Waals surface area (Å²) in [7, 11) is 0. The van der Waals surface area contributed by atoms with Crippen molar-refractivity contribution in [3.05, 3.63) is 34.6 Å². The zero-order valence-corrected chi connectivity index (χ0v) is 16.3. The van der Waals surface area contributed by atoms with Crippen molar-refractivity contribution in [1.29, 1.82) is 0 Å². The topological polar surface area (TPSA) is 62.5 Å². The van der Waals surface area contributed by atoms with Gasteiger partial charge in [0.25, 0.3) is 0 Å². The molecule has 7 heteroatoms. The maximum Gasteiger partial charge on any atom is 0.241 e. The van der Waals surface area contributed by atoms with Gasteiger partial charge in [-0.15, -0.1) is 0 Å². The second-order valence-corrected chi connectivity index (χ2v) is 8.04. The smallest absolute Gasteiger partial charge is 0.241 e. The van der Waals surface area contributed by atoms with Crippen LogP contribution in [0.4, 0.5) is 0 Å². The number of piperidine rings is 1. The highest BCUT2D eigenvalue weighted by Gasteiger charge is 2.31. The van der Waals surface area contributed by atoms with E-state index in [1.165, 1.54) is 0 Å². The van der Waals surface area contributed by atoms with Crippen molar-refractivity contribution in [3.8, 4) is 11.4 Å². The Labute approximate surface area is 161 Å². The molecule has 6 nitrogen and oxygen atoms in total. The molecule has 138 valence electrons. The van der Waals surface area contributed by atoms with E-state index in [9.17, 15) is 4.79 Å². The van der Waals surface area contributed by atoms with Crippen LogP contribution in [0.5, 0.6) is 0 Å². The van der Waals surface area contributed by atoms with Crippen LogP contribution in [0.15, 0.2) is 33.3 Å². The summed E-state index contributed by atoms with van der Waals surface area (Å²) in [6, 6.07) is 7.86. The van der Waals surface area contributed by atoms with E-state index in [0.717, 1.165) is 61.9 Å².